The summed E-state index contributed by atoms with van der Waals surface area (Å²) in [6.45, 7) is 0. The zero-order valence-corrected chi connectivity index (χ0v) is 8.74. The van der Waals surface area contributed by atoms with E-state index in [0.717, 1.165) is 6.07 Å². The van der Waals surface area contributed by atoms with Crippen molar-refractivity contribution < 1.29 is 28.6 Å². The Balaban J connectivity index is 2.88. The van der Waals surface area contributed by atoms with Gasteiger partial charge in [-0.05, 0) is 24.5 Å². The van der Waals surface area contributed by atoms with Gasteiger partial charge in [-0.25, -0.2) is 13.6 Å². The molecule has 0 aliphatic heterocycles. The Kier molecular flexibility index (Phi) is 4.14. The first-order valence-corrected chi connectivity index (χ1v) is 4.85. The van der Waals surface area contributed by atoms with Crippen molar-refractivity contribution in [2.75, 3.05) is 0 Å². The van der Waals surface area contributed by atoms with Crippen LogP contribution in [0.5, 0.6) is 0 Å². The number of hydrogen-bond acceptors (Lipinski definition) is 2. The van der Waals surface area contributed by atoms with Gasteiger partial charge in [-0.2, -0.15) is 0 Å². The average molecular weight is 244 g/mol. The Bertz CT molecular complexity index is 457. The highest BCUT2D eigenvalue weighted by molar-refractivity contribution is 5.88. The molecule has 0 bridgehead atoms. The smallest absolute Gasteiger partial charge is 0.338 e. The van der Waals surface area contributed by atoms with Gasteiger partial charge in [0, 0.05) is 12.5 Å². The summed E-state index contributed by atoms with van der Waals surface area (Å²) in [6.07, 6.45) is 0.0643. The first kappa shape index (κ1) is 13.1. The number of rotatable bonds is 5. The largest absolute Gasteiger partial charge is 0.481 e. The van der Waals surface area contributed by atoms with Crippen LogP contribution < -0.4 is 0 Å². The van der Waals surface area contributed by atoms with Crippen LogP contribution in [-0.2, 0) is 11.2 Å². The van der Waals surface area contributed by atoms with Crippen molar-refractivity contribution in [1.82, 2.24) is 0 Å². The number of carbonyl (C=O) groups is 2. The van der Waals surface area contributed by atoms with E-state index in [1.54, 1.807) is 0 Å². The third-order valence-corrected chi connectivity index (χ3v) is 2.20. The predicted octanol–water partition coefficient (Wildman–Crippen LogP) is 2.07. The van der Waals surface area contributed by atoms with E-state index in [9.17, 15) is 18.4 Å². The van der Waals surface area contributed by atoms with Gasteiger partial charge >= 0.3 is 11.9 Å². The molecule has 0 aliphatic carbocycles. The van der Waals surface area contributed by atoms with Crippen molar-refractivity contribution in [3.05, 3.63) is 34.9 Å². The van der Waals surface area contributed by atoms with Crippen LogP contribution in [0.4, 0.5) is 8.78 Å². The molecule has 0 atom stereocenters. The fourth-order valence-electron chi connectivity index (χ4n) is 1.38. The summed E-state index contributed by atoms with van der Waals surface area (Å²) in [5.74, 6) is -4.51. The van der Waals surface area contributed by atoms with Crippen molar-refractivity contribution in [3.8, 4) is 0 Å². The van der Waals surface area contributed by atoms with E-state index in [1.807, 2.05) is 0 Å². The molecule has 0 radical (unpaired) electrons. The van der Waals surface area contributed by atoms with Crippen molar-refractivity contribution in [2.45, 2.75) is 19.3 Å². The second kappa shape index (κ2) is 5.38. The number of aliphatic carboxylic acids is 1. The molecule has 4 nitrogen and oxygen atoms in total. The number of aromatic carboxylic acids is 1. The average Bonchev–Trinajstić information content (AvgIpc) is 2.20. The highest BCUT2D eigenvalue weighted by atomic mass is 19.1. The molecule has 0 aromatic heterocycles. The van der Waals surface area contributed by atoms with Gasteiger partial charge in [-0.15, -0.1) is 0 Å². The van der Waals surface area contributed by atoms with Crippen LogP contribution in [0.25, 0.3) is 0 Å². The van der Waals surface area contributed by atoms with E-state index in [-0.39, 0.29) is 24.8 Å². The maximum absolute atomic E-state index is 13.2. The topological polar surface area (TPSA) is 74.6 Å². The summed E-state index contributed by atoms with van der Waals surface area (Å²) in [7, 11) is 0. The number of benzene rings is 1. The van der Waals surface area contributed by atoms with Gasteiger partial charge in [0.15, 0.2) is 0 Å². The maximum atomic E-state index is 13.2. The lowest BCUT2D eigenvalue weighted by atomic mass is 10.0. The van der Waals surface area contributed by atoms with Gasteiger partial charge in [0.2, 0.25) is 0 Å². The Hall–Kier alpha value is -1.98. The molecule has 92 valence electrons. The summed E-state index contributed by atoms with van der Waals surface area (Å²) in [4.78, 5) is 20.9. The summed E-state index contributed by atoms with van der Waals surface area (Å²) >= 11 is 0. The number of carboxylic acids is 2. The quantitative estimate of drug-likeness (QED) is 0.831. The summed E-state index contributed by atoms with van der Waals surface area (Å²) in [5.41, 5.74) is -0.609. The van der Waals surface area contributed by atoms with E-state index in [0.29, 0.717) is 6.07 Å². The van der Waals surface area contributed by atoms with Crippen LogP contribution in [0.2, 0.25) is 0 Å². The maximum Gasteiger partial charge on any atom is 0.338 e. The van der Waals surface area contributed by atoms with Crippen LogP contribution in [0, 0.1) is 11.6 Å². The minimum absolute atomic E-state index is 0.00468. The minimum Gasteiger partial charge on any atom is -0.481 e. The molecule has 0 heterocycles. The molecule has 0 unspecified atom stereocenters. The molecular weight excluding hydrogens is 234 g/mol. The highest BCUT2D eigenvalue weighted by Crippen LogP contribution is 2.17. The van der Waals surface area contributed by atoms with Crippen LogP contribution in [-0.4, -0.2) is 22.2 Å². The zero-order chi connectivity index (χ0) is 13.0. The van der Waals surface area contributed by atoms with Crippen molar-refractivity contribution in [2.24, 2.45) is 0 Å². The summed E-state index contributed by atoms with van der Waals surface area (Å²) in [5, 5.41) is 17.0. The van der Waals surface area contributed by atoms with Crippen molar-refractivity contribution in [3.63, 3.8) is 0 Å². The van der Waals surface area contributed by atoms with Gasteiger partial charge in [0.1, 0.15) is 11.6 Å². The second-order valence-corrected chi connectivity index (χ2v) is 3.48. The van der Waals surface area contributed by atoms with E-state index in [2.05, 4.69) is 0 Å². The van der Waals surface area contributed by atoms with E-state index >= 15 is 0 Å². The number of carboxylic acid groups (broad SMARTS) is 2. The van der Waals surface area contributed by atoms with Gasteiger partial charge in [-0.1, -0.05) is 0 Å². The molecule has 1 aromatic rings. The first-order valence-electron chi connectivity index (χ1n) is 4.85. The Labute approximate surface area is 95.5 Å². The third-order valence-electron chi connectivity index (χ3n) is 2.20. The molecule has 2 N–H and O–H groups in total. The lowest BCUT2D eigenvalue weighted by molar-refractivity contribution is -0.137. The Morgan fingerprint density at radius 3 is 2.29 bits per heavy atom. The van der Waals surface area contributed by atoms with E-state index in [1.165, 1.54) is 0 Å². The van der Waals surface area contributed by atoms with Crippen LogP contribution in [0.1, 0.15) is 28.8 Å². The molecule has 0 fully saturated rings. The number of halogens is 2. The highest BCUT2D eigenvalue weighted by Gasteiger charge is 2.15. The first-order chi connectivity index (χ1) is 7.91. The van der Waals surface area contributed by atoms with Gasteiger partial charge < -0.3 is 10.2 Å². The number of hydrogen-bond donors (Lipinski definition) is 2. The lowest BCUT2D eigenvalue weighted by Gasteiger charge is -2.05. The molecule has 17 heavy (non-hydrogen) atoms. The van der Waals surface area contributed by atoms with Crippen LogP contribution in [0.15, 0.2) is 12.1 Å². The monoisotopic (exact) mass is 244 g/mol. The van der Waals surface area contributed by atoms with Crippen molar-refractivity contribution >= 4 is 11.9 Å². The molecule has 0 saturated carbocycles. The fraction of sp³-hybridized carbons (Fsp3) is 0.273. The molecular formula is C11H10F2O4. The van der Waals surface area contributed by atoms with Crippen molar-refractivity contribution in [1.29, 1.82) is 0 Å². The van der Waals surface area contributed by atoms with Gasteiger partial charge in [0.05, 0.1) is 5.56 Å². The van der Waals surface area contributed by atoms with Crippen LogP contribution >= 0.6 is 0 Å². The van der Waals surface area contributed by atoms with Gasteiger partial charge in [-0.3, -0.25) is 4.79 Å². The SMILES string of the molecule is O=C(O)CCCc1cc(C(=O)O)c(F)cc1F. The number of aryl methyl sites for hydroxylation is 1. The minimum atomic E-state index is -1.48. The van der Waals surface area contributed by atoms with Crippen LogP contribution in [0.3, 0.4) is 0 Å². The zero-order valence-electron chi connectivity index (χ0n) is 8.74. The van der Waals surface area contributed by atoms with E-state index in [4.69, 9.17) is 10.2 Å². The molecule has 0 spiro atoms. The Morgan fingerprint density at radius 2 is 1.76 bits per heavy atom. The molecule has 6 heteroatoms. The molecule has 1 aromatic carbocycles. The predicted molar refractivity (Wildman–Crippen MR) is 53.9 cm³/mol. The fourth-order valence-corrected chi connectivity index (χ4v) is 1.38. The second-order valence-electron chi connectivity index (χ2n) is 3.48. The summed E-state index contributed by atoms with van der Waals surface area (Å²) < 4.78 is 26.3. The molecule has 0 aliphatic rings. The summed E-state index contributed by atoms with van der Waals surface area (Å²) in [6, 6.07) is 1.40. The normalized spacial score (nSPS) is 10.2. The molecule has 0 saturated heterocycles. The van der Waals surface area contributed by atoms with E-state index < -0.39 is 29.1 Å². The molecule has 0 amide bonds. The Morgan fingerprint density at radius 1 is 1.12 bits per heavy atom. The molecule has 1 rings (SSSR count). The lowest BCUT2D eigenvalue weighted by Crippen LogP contribution is -2.05. The standard InChI is InChI=1S/C11H10F2O4/c12-8-5-9(13)7(11(16)17)4-6(8)2-1-3-10(14)15/h4-5H,1-3H2,(H,14,15)(H,16,17). The third kappa shape index (κ3) is 3.51. The van der Waals surface area contributed by atoms with Gasteiger partial charge in [0.25, 0.3) is 0 Å².